The van der Waals surface area contributed by atoms with E-state index in [0.29, 0.717) is 16.8 Å². The number of carbonyl (C=O) groups excluding carboxylic acids is 1. The maximum atomic E-state index is 13.7. The van der Waals surface area contributed by atoms with Crippen molar-refractivity contribution >= 4 is 28.6 Å². The van der Waals surface area contributed by atoms with Crippen molar-refractivity contribution in [1.29, 1.82) is 0 Å². The molecule has 7 rings (SSSR count). The van der Waals surface area contributed by atoms with Crippen LogP contribution in [-0.2, 0) is 23.7 Å². The van der Waals surface area contributed by atoms with Gasteiger partial charge in [0, 0.05) is 37.4 Å². The van der Waals surface area contributed by atoms with Crippen LogP contribution in [0, 0.1) is 5.92 Å². The smallest absolute Gasteiger partial charge is 0.423 e. The highest BCUT2D eigenvalue weighted by Gasteiger charge is 2.63. The standard InChI is InChI=1S/C25H22F5N9O2/c1-39-9-7-12-15(32-13(33-19(12)39)6-8-23(26,27)25(28,29)30)18-34-16(31)14-17(35-18)36-21(40)24(14,11-4-5-11)22-38-37-20(41-22)10-2-3-10/h7,9-11H,2-6,8H2,1H3,(H3,31,34,35,36,40). The minimum atomic E-state index is -5.70. The largest absolute Gasteiger partial charge is 0.453 e. The van der Waals surface area contributed by atoms with Crippen molar-refractivity contribution in [2.24, 2.45) is 13.0 Å². The molecule has 1 aliphatic heterocycles. The quantitative estimate of drug-likeness (QED) is 0.311. The van der Waals surface area contributed by atoms with E-state index in [1.165, 1.54) is 0 Å². The van der Waals surface area contributed by atoms with Crippen LogP contribution in [0.3, 0.4) is 0 Å². The van der Waals surface area contributed by atoms with E-state index >= 15 is 0 Å². The molecule has 0 radical (unpaired) electrons. The molecule has 4 aromatic rings. The average Bonchev–Trinajstić information content (AvgIpc) is 3.83. The van der Waals surface area contributed by atoms with E-state index < -0.39 is 36.3 Å². The number of halogens is 5. The Morgan fingerprint density at radius 3 is 2.54 bits per heavy atom. The van der Waals surface area contributed by atoms with Crippen LogP contribution in [-0.4, -0.2) is 52.7 Å². The minimum absolute atomic E-state index is 0.0470. The molecule has 41 heavy (non-hydrogen) atoms. The molecule has 16 heteroatoms. The number of amides is 1. The number of aromatic nitrogens is 7. The zero-order chi connectivity index (χ0) is 28.9. The topological polar surface area (TPSA) is 151 Å². The second-order valence-corrected chi connectivity index (χ2v) is 10.8. The molecule has 1 amide bonds. The molecule has 1 unspecified atom stereocenters. The van der Waals surface area contributed by atoms with Crippen LogP contribution >= 0.6 is 0 Å². The molecule has 2 aliphatic carbocycles. The van der Waals surface area contributed by atoms with Gasteiger partial charge in [-0.05, 0) is 37.7 Å². The molecule has 4 aromatic heterocycles. The third-order valence-electron chi connectivity index (χ3n) is 7.88. The van der Waals surface area contributed by atoms with E-state index in [1.807, 2.05) is 0 Å². The molecule has 5 heterocycles. The van der Waals surface area contributed by atoms with E-state index in [4.69, 9.17) is 10.2 Å². The minimum Gasteiger partial charge on any atom is -0.423 e. The lowest BCUT2D eigenvalue weighted by molar-refractivity contribution is -0.284. The molecule has 214 valence electrons. The molecule has 1 atom stereocenters. The number of nitrogens with one attached hydrogen (secondary N) is 1. The van der Waals surface area contributed by atoms with Crippen LogP contribution in [0.2, 0.25) is 0 Å². The maximum absolute atomic E-state index is 13.7. The van der Waals surface area contributed by atoms with Gasteiger partial charge in [-0.2, -0.15) is 22.0 Å². The van der Waals surface area contributed by atoms with E-state index in [1.54, 1.807) is 23.9 Å². The summed E-state index contributed by atoms with van der Waals surface area (Å²) in [6.07, 6.45) is -3.08. The summed E-state index contributed by atoms with van der Waals surface area (Å²) in [6, 6.07) is 1.64. The van der Waals surface area contributed by atoms with Gasteiger partial charge in [0.2, 0.25) is 17.7 Å². The Labute approximate surface area is 227 Å². The van der Waals surface area contributed by atoms with Crippen molar-refractivity contribution in [2.45, 2.75) is 62.0 Å². The number of nitrogen functional groups attached to an aromatic ring is 1. The van der Waals surface area contributed by atoms with Crippen molar-refractivity contribution in [1.82, 2.24) is 34.7 Å². The van der Waals surface area contributed by atoms with Gasteiger partial charge in [0.1, 0.15) is 28.8 Å². The van der Waals surface area contributed by atoms with Crippen LogP contribution in [0.4, 0.5) is 33.6 Å². The number of aryl methyl sites for hydroxylation is 2. The van der Waals surface area contributed by atoms with Crippen molar-refractivity contribution in [3.63, 3.8) is 0 Å². The number of nitrogens with two attached hydrogens (primary N) is 1. The predicted octanol–water partition coefficient (Wildman–Crippen LogP) is 4.05. The van der Waals surface area contributed by atoms with Crippen molar-refractivity contribution in [3.8, 4) is 11.5 Å². The molecular weight excluding hydrogens is 553 g/mol. The van der Waals surface area contributed by atoms with Gasteiger partial charge < -0.3 is 20.0 Å². The van der Waals surface area contributed by atoms with Gasteiger partial charge in [0.25, 0.3) is 0 Å². The molecule has 0 spiro atoms. The number of alkyl halides is 5. The number of anilines is 2. The fourth-order valence-electron chi connectivity index (χ4n) is 5.43. The van der Waals surface area contributed by atoms with Crippen LogP contribution in [0.25, 0.3) is 22.6 Å². The fourth-order valence-corrected chi connectivity index (χ4v) is 5.43. The Kier molecular flexibility index (Phi) is 5.26. The van der Waals surface area contributed by atoms with Crippen LogP contribution in [0.1, 0.15) is 61.2 Å². The van der Waals surface area contributed by atoms with Gasteiger partial charge >= 0.3 is 12.1 Å². The first-order valence-electron chi connectivity index (χ1n) is 13.0. The average molecular weight is 576 g/mol. The maximum Gasteiger partial charge on any atom is 0.453 e. The third kappa shape index (κ3) is 3.86. The molecular formula is C25H22F5N9O2. The van der Waals surface area contributed by atoms with Crippen LogP contribution in [0.15, 0.2) is 16.7 Å². The van der Waals surface area contributed by atoms with Gasteiger partial charge in [0.05, 0.1) is 5.56 Å². The summed E-state index contributed by atoms with van der Waals surface area (Å²) in [5, 5.41) is 11.6. The summed E-state index contributed by atoms with van der Waals surface area (Å²) in [7, 11) is 1.63. The lowest BCUT2D eigenvalue weighted by Crippen LogP contribution is -2.39. The highest BCUT2D eigenvalue weighted by molar-refractivity contribution is 6.09. The first kappa shape index (κ1) is 25.7. The van der Waals surface area contributed by atoms with Crippen molar-refractivity contribution in [2.75, 3.05) is 11.1 Å². The summed E-state index contributed by atoms with van der Waals surface area (Å²) >= 11 is 0. The Morgan fingerprint density at radius 2 is 1.85 bits per heavy atom. The summed E-state index contributed by atoms with van der Waals surface area (Å²) in [6.45, 7) is 0. The zero-order valence-electron chi connectivity index (χ0n) is 21.5. The monoisotopic (exact) mass is 575 g/mol. The highest BCUT2D eigenvalue weighted by atomic mass is 19.4. The lowest BCUT2D eigenvalue weighted by Gasteiger charge is -2.23. The molecule has 3 N–H and O–H groups in total. The number of hydrogen-bond acceptors (Lipinski definition) is 9. The van der Waals surface area contributed by atoms with E-state index in [0.717, 1.165) is 25.7 Å². The van der Waals surface area contributed by atoms with E-state index in [2.05, 4.69) is 35.5 Å². The Morgan fingerprint density at radius 1 is 1.10 bits per heavy atom. The number of hydrogen-bond donors (Lipinski definition) is 2. The van der Waals surface area contributed by atoms with Crippen LogP contribution < -0.4 is 11.1 Å². The summed E-state index contributed by atoms with van der Waals surface area (Å²) in [5.74, 6) is -4.98. The number of carbonyl (C=O) groups is 1. The van der Waals surface area contributed by atoms with Crippen LogP contribution in [0.5, 0.6) is 0 Å². The van der Waals surface area contributed by atoms with Crippen molar-refractivity contribution < 1.29 is 31.2 Å². The predicted molar refractivity (Wildman–Crippen MR) is 132 cm³/mol. The normalized spacial score (nSPS) is 21.0. The van der Waals surface area contributed by atoms with Gasteiger partial charge in [0.15, 0.2) is 11.2 Å². The number of rotatable bonds is 7. The fraction of sp³-hybridized carbons (Fsp3) is 0.480. The molecule has 2 saturated carbocycles. The second-order valence-electron chi connectivity index (χ2n) is 10.8. The van der Waals surface area contributed by atoms with E-state index in [-0.39, 0.29) is 52.4 Å². The summed E-state index contributed by atoms with van der Waals surface area (Å²) in [5.41, 5.74) is 5.77. The molecule has 11 nitrogen and oxygen atoms in total. The zero-order valence-corrected chi connectivity index (χ0v) is 21.5. The third-order valence-corrected chi connectivity index (χ3v) is 7.88. The molecule has 0 bridgehead atoms. The second kappa shape index (κ2) is 8.39. The molecule has 0 saturated heterocycles. The number of nitrogens with zero attached hydrogens (tertiary/aromatic N) is 7. The van der Waals surface area contributed by atoms with E-state index in [9.17, 15) is 26.7 Å². The Hall–Kier alpha value is -4.24. The first-order chi connectivity index (χ1) is 19.4. The van der Waals surface area contributed by atoms with Crippen molar-refractivity contribution in [3.05, 3.63) is 35.4 Å². The molecule has 3 aliphatic rings. The Bertz CT molecular complexity index is 1720. The summed E-state index contributed by atoms with van der Waals surface area (Å²) < 4.78 is 73.2. The number of fused-ring (bicyclic) bond motifs is 2. The summed E-state index contributed by atoms with van der Waals surface area (Å²) in [4.78, 5) is 31.0. The Balaban J connectivity index is 1.33. The van der Waals surface area contributed by atoms with Gasteiger partial charge in [-0.15, -0.1) is 10.2 Å². The first-order valence-corrected chi connectivity index (χ1v) is 13.0. The highest BCUT2D eigenvalue weighted by Crippen LogP contribution is 2.57. The van der Waals surface area contributed by atoms with Gasteiger partial charge in [-0.3, -0.25) is 4.79 Å². The SMILES string of the molecule is Cn1ccc2c(-c3nc(N)c4c(n3)NC(=O)C4(c3nnc(C4CC4)o3)C3CC3)nc(CCC(F)(F)C(F)(F)F)nc21. The van der Waals surface area contributed by atoms with Gasteiger partial charge in [-0.1, -0.05) is 0 Å². The van der Waals surface area contributed by atoms with Gasteiger partial charge in [-0.25, -0.2) is 19.9 Å². The molecule has 0 aromatic carbocycles. The molecule has 2 fully saturated rings. The lowest BCUT2D eigenvalue weighted by atomic mass is 9.77.